The summed E-state index contributed by atoms with van der Waals surface area (Å²) in [7, 11) is 1.50. The Balaban J connectivity index is 1.93. The maximum Gasteiger partial charge on any atom is 0.416 e. The minimum atomic E-state index is -4.58. The van der Waals surface area contributed by atoms with E-state index in [9.17, 15) is 23.1 Å². The molecule has 3 aromatic rings. The smallest absolute Gasteiger partial charge is 0.416 e. The van der Waals surface area contributed by atoms with Gasteiger partial charge in [0.1, 0.15) is 5.15 Å². The van der Waals surface area contributed by atoms with Crippen molar-refractivity contribution < 1.29 is 27.6 Å². The molecule has 10 heteroatoms. The standard InChI is InChI=1S/C19H13ClF3N3O3/c1-25-14-9-29-18(11-5-6-13(20)24-8-11)26(14)17(28)15(16(25)27)10-3-2-4-12(7-10)19(21,22)23/h2-8,18H,9H2,1H3/p+1. The van der Waals surface area contributed by atoms with Crippen molar-refractivity contribution in [1.82, 2.24) is 9.55 Å². The maximum atomic E-state index is 13.2. The Morgan fingerprint density at radius 3 is 2.72 bits per heavy atom. The highest BCUT2D eigenvalue weighted by Crippen LogP contribution is 2.34. The van der Waals surface area contributed by atoms with Gasteiger partial charge in [-0.05, 0) is 29.8 Å². The molecule has 0 saturated heterocycles. The molecule has 1 aliphatic heterocycles. The Bertz CT molecular complexity index is 1160. The van der Waals surface area contributed by atoms with Gasteiger partial charge in [0.15, 0.2) is 12.2 Å². The summed E-state index contributed by atoms with van der Waals surface area (Å²) >= 11 is 5.80. The molecule has 3 heterocycles. The fraction of sp³-hybridized carbons (Fsp3) is 0.211. The third-order valence-electron chi connectivity index (χ3n) is 4.76. The quantitative estimate of drug-likeness (QED) is 0.507. The van der Waals surface area contributed by atoms with E-state index in [1.54, 1.807) is 6.07 Å². The van der Waals surface area contributed by atoms with Crippen molar-refractivity contribution >= 4 is 11.6 Å². The molecular formula is C19H14ClF3N3O3+. The van der Waals surface area contributed by atoms with E-state index < -0.39 is 29.4 Å². The number of alkyl halides is 3. The molecule has 0 amide bonds. The lowest BCUT2D eigenvalue weighted by atomic mass is 10.0. The molecule has 0 aliphatic carbocycles. The van der Waals surface area contributed by atoms with E-state index in [0.29, 0.717) is 11.4 Å². The van der Waals surface area contributed by atoms with Crippen LogP contribution in [0.5, 0.6) is 5.88 Å². The van der Waals surface area contributed by atoms with E-state index >= 15 is 0 Å². The van der Waals surface area contributed by atoms with Crippen LogP contribution in [0.15, 0.2) is 47.4 Å². The number of pyridine rings is 1. The zero-order valence-electron chi connectivity index (χ0n) is 14.9. The van der Waals surface area contributed by atoms with Crippen LogP contribution in [0.1, 0.15) is 23.2 Å². The Kier molecular flexibility index (Phi) is 4.59. The number of benzene rings is 1. The van der Waals surface area contributed by atoms with Crippen molar-refractivity contribution in [1.29, 1.82) is 0 Å². The number of nitrogens with zero attached hydrogens (tertiary/aromatic N) is 3. The fourth-order valence-electron chi connectivity index (χ4n) is 3.30. The van der Waals surface area contributed by atoms with Crippen molar-refractivity contribution in [2.75, 3.05) is 0 Å². The highest BCUT2D eigenvalue weighted by molar-refractivity contribution is 6.29. The number of aromatic hydroxyl groups is 1. The number of ether oxygens (including phenoxy) is 1. The predicted octanol–water partition coefficient (Wildman–Crippen LogP) is 3.19. The largest absolute Gasteiger partial charge is 0.477 e. The molecule has 2 aromatic heterocycles. The van der Waals surface area contributed by atoms with Crippen LogP contribution >= 0.6 is 11.6 Å². The predicted molar refractivity (Wildman–Crippen MR) is 96.2 cm³/mol. The molecule has 1 atom stereocenters. The Morgan fingerprint density at radius 1 is 1.31 bits per heavy atom. The van der Waals surface area contributed by atoms with Crippen molar-refractivity contribution in [3.05, 3.63) is 75.1 Å². The van der Waals surface area contributed by atoms with Crippen molar-refractivity contribution in [2.24, 2.45) is 7.05 Å². The van der Waals surface area contributed by atoms with Gasteiger partial charge in [-0.1, -0.05) is 23.7 Å². The maximum absolute atomic E-state index is 13.2. The van der Waals surface area contributed by atoms with Crippen LogP contribution in [0, 0.1) is 0 Å². The van der Waals surface area contributed by atoms with Gasteiger partial charge in [0.25, 0.3) is 11.7 Å². The third-order valence-corrected chi connectivity index (χ3v) is 4.98. The molecule has 1 unspecified atom stereocenters. The van der Waals surface area contributed by atoms with Gasteiger partial charge in [-0.3, -0.25) is 0 Å². The first kappa shape index (κ1) is 19.4. The van der Waals surface area contributed by atoms with E-state index in [1.807, 2.05) is 0 Å². The molecule has 0 saturated carbocycles. The summed E-state index contributed by atoms with van der Waals surface area (Å²) in [5, 5.41) is 10.8. The lowest BCUT2D eigenvalue weighted by Gasteiger charge is -2.12. The van der Waals surface area contributed by atoms with Gasteiger partial charge < -0.3 is 9.84 Å². The Labute approximate surface area is 167 Å². The number of hydrogen-bond acceptors (Lipinski definition) is 4. The molecular weight excluding hydrogens is 411 g/mol. The van der Waals surface area contributed by atoms with Crippen LogP contribution in [-0.4, -0.2) is 14.7 Å². The van der Waals surface area contributed by atoms with Crippen molar-refractivity contribution in [2.45, 2.75) is 19.0 Å². The number of hydrogen-bond donors (Lipinski definition) is 1. The first-order valence-corrected chi connectivity index (χ1v) is 8.83. The van der Waals surface area contributed by atoms with Crippen LogP contribution < -0.4 is 10.1 Å². The molecule has 0 fully saturated rings. The molecule has 1 aliphatic rings. The summed E-state index contributed by atoms with van der Waals surface area (Å²) in [5.41, 5.74) is -1.35. The fourth-order valence-corrected chi connectivity index (χ4v) is 3.42. The van der Waals surface area contributed by atoms with Gasteiger partial charge in [-0.25, -0.2) is 14.3 Å². The first-order valence-electron chi connectivity index (χ1n) is 8.45. The summed E-state index contributed by atoms with van der Waals surface area (Å²) in [4.78, 5) is 17.2. The molecule has 1 aromatic carbocycles. The number of aromatic nitrogens is 3. The first-order chi connectivity index (χ1) is 13.7. The Morgan fingerprint density at radius 2 is 2.07 bits per heavy atom. The average molecular weight is 425 g/mol. The number of rotatable bonds is 2. The van der Waals surface area contributed by atoms with Crippen LogP contribution in [0.25, 0.3) is 11.1 Å². The monoisotopic (exact) mass is 424 g/mol. The molecule has 0 bridgehead atoms. The summed E-state index contributed by atoms with van der Waals surface area (Å²) in [6, 6.07) is 7.43. The van der Waals surface area contributed by atoms with Gasteiger partial charge in [0.2, 0.25) is 6.23 Å². The van der Waals surface area contributed by atoms with Crippen LogP contribution in [0.4, 0.5) is 13.2 Å². The van der Waals surface area contributed by atoms with Gasteiger partial charge >= 0.3 is 11.7 Å². The third kappa shape index (κ3) is 3.26. The van der Waals surface area contributed by atoms with Crippen LogP contribution in [0.3, 0.4) is 0 Å². The molecule has 4 rings (SSSR count). The van der Waals surface area contributed by atoms with E-state index in [2.05, 4.69) is 4.98 Å². The van der Waals surface area contributed by atoms with Crippen molar-refractivity contribution in [3.63, 3.8) is 0 Å². The van der Waals surface area contributed by atoms with E-state index in [4.69, 9.17) is 16.3 Å². The average Bonchev–Trinajstić information content (AvgIpc) is 3.12. The molecule has 150 valence electrons. The molecule has 29 heavy (non-hydrogen) atoms. The highest BCUT2D eigenvalue weighted by Gasteiger charge is 2.39. The number of halogens is 4. The van der Waals surface area contributed by atoms with Gasteiger partial charge in [0, 0.05) is 11.8 Å². The lowest BCUT2D eigenvalue weighted by molar-refractivity contribution is -0.689. The summed E-state index contributed by atoms with van der Waals surface area (Å²) < 4.78 is 47.6. The second kappa shape index (κ2) is 6.85. The highest BCUT2D eigenvalue weighted by atomic mass is 35.5. The van der Waals surface area contributed by atoms with Crippen LogP contribution in [-0.2, 0) is 24.6 Å². The van der Waals surface area contributed by atoms with E-state index in [-0.39, 0.29) is 22.9 Å². The van der Waals surface area contributed by atoms with E-state index in [0.717, 1.165) is 12.1 Å². The van der Waals surface area contributed by atoms with Gasteiger partial charge in [-0.2, -0.15) is 17.7 Å². The lowest BCUT2D eigenvalue weighted by Crippen LogP contribution is -2.42. The van der Waals surface area contributed by atoms with Crippen molar-refractivity contribution in [3.8, 4) is 17.0 Å². The second-order valence-electron chi connectivity index (χ2n) is 6.51. The van der Waals surface area contributed by atoms with E-state index in [1.165, 1.54) is 40.6 Å². The SMILES string of the molecule is C[n+]1c(O)c(-c2cccc(C(F)(F)F)c2)c(=O)n2c1COC2c1ccc(Cl)nc1. The molecule has 0 spiro atoms. The topological polar surface area (TPSA) is 68.2 Å². The zero-order valence-corrected chi connectivity index (χ0v) is 15.7. The Hall–Kier alpha value is -2.91. The molecule has 6 nitrogen and oxygen atoms in total. The van der Waals surface area contributed by atoms with Gasteiger partial charge in [-0.15, -0.1) is 0 Å². The minimum absolute atomic E-state index is 0.0233. The molecule has 0 radical (unpaired) electrons. The minimum Gasteiger partial charge on any atom is -0.477 e. The second-order valence-corrected chi connectivity index (χ2v) is 6.89. The zero-order chi connectivity index (χ0) is 20.9. The normalized spacial score (nSPS) is 16.1. The summed E-state index contributed by atoms with van der Waals surface area (Å²) in [6.07, 6.45) is -3.98. The molecule has 1 N–H and O–H groups in total. The van der Waals surface area contributed by atoms with Crippen LogP contribution in [0.2, 0.25) is 5.15 Å². The van der Waals surface area contributed by atoms with Gasteiger partial charge in [0.05, 0.1) is 12.6 Å². The summed E-state index contributed by atoms with van der Waals surface area (Å²) in [6.45, 7) is 0.0233. The number of fused-ring (bicyclic) bond motifs is 1. The summed E-state index contributed by atoms with van der Waals surface area (Å²) in [5.74, 6) is -0.0813.